The van der Waals surface area contributed by atoms with E-state index in [4.69, 9.17) is 0 Å². The van der Waals surface area contributed by atoms with Crippen LogP contribution in [-0.2, 0) is 9.59 Å². The van der Waals surface area contributed by atoms with Crippen LogP contribution < -0.4 is 10.2 Å². The first-order chi connectivity index (χ1) is 13.1. The zero-order valence-corrected chi connectivity index (χ0v) is 14.5. The molecule has 0 bridgehead atoms. The van der Waals surface area contributed by atoms with Crippen molar-refractivity contribution in [2.24, 2.45) is 0 Å². The standard InChI is InChI=1S/C21H17N3O3/c25-19-6-3-7-20(26)24(19)16-11-9-15(10-12-16)22-21(27)18-13-8-14-4-1-2-5-17(14)23-18/h1-2,4-5,8-13H,3,6-7H2,(H,22,27). The number of fused-ring (bicyclic) bond motifs is 1. The number of pyridine rings is 1. The summed E-state index contributed by atoms with van der Waals surface area (Å²) in [6.45, 7) is 0. The minimum absolute atomic E-state index is 0.191. The van der Waals surface area contributed by atoms with Crippen LogP contribution in [0.1, 0.15) is 29.8 Å². The van der Waals surface area contributed by atoms with Gasteiger partial charge < -0.3 is 5.32 Å². The van der Waals surface area contributed by atoms with Crippen molar-refractivity contribution in [2.75, 3.05) is 10.2 Å². The van der Waals surface area contributed by atoms with Crippen LogP contribution in [0.15, 0.2) is 60.7 Å². The van der Waals surface area contributed by atoms with Crippen LogP contribution >= 0.6 is 0 Å². The van der Waals surface area contributed by atoms with Crippen LogP contribution in [0.3, 0.4) is 0 Å². The number of hydrogen-bond donors (Lipinski definition) is 1. The highest BCUT2D eigenvalue weighted by Crippen LogP contribution is 2.24. The lowest BCUT2D eigenvalue weighted by atomic mass is 10.1. The predicted molar refractivity (Wildman–Crippen MR) is 102 cm³/mol. The molecule has 0 radical (unpaired) electrons. The van der Waals surface area contributed by atoms with Crippen LogP contribution in [0.4, 0.5) is 11.4 Å². The van der Waals surface area contributed by atoms with E-state index in [-0.39, 0.29) is 17.7 Å². The first-order valence-corrected chi connectivity index (χ1v) is 8.75. The molecule has 1 fully saturated rings. The number of para-hydroxylation sites is 1. The lowest BCUT2D eigenvalue weighted by Gasteiger charge is -2.24. The average Bonchev–Trinajstić information content (AvgIpc) is 2.68. The summed E-state index contributed by atoms with van der Waals surface area (Å²) >= 11 is 0. The summed E-state index contributed by atoms with van der Waals surface area (Å²) in [5, 5.41) is 3.75. The Balaban J connectivity index is 1.51. The first-order valence-electron chi connectivity index (χ1n) is 8.75. The molecule has 4 rings (SSSR count). The summed E-state index contributed by atoms with van der Waals surface area (Å²) in [4.78, 5) is 42.0. The molecule has 0 saturated carbocycles. The summed E-state index contributed by atoms with van der Waals surface area (Å²) in [6, 6.07) is 17.8. The molecule has 27 heavy (non-hydrogen) atoms. The van der Waals surface area contributed by atoms with E-state index in [1.807, 2.05) is 30.3 Å². The van der Waals surface area contributed by atoms with E-state index < -0.39 is 0 Å². The summed E-state index contributed by atoms with van der Waals surface area (Å²) in [7, 11) is 0. The molecule has 1 aliphatic rings. The number of carbonyl (C=O) groups is 3. The molecule has 1 saturated heterocycles. The summed E-state index contributed by atoms with van der Waals surface area (Å²) < 4.78 is 0. The number of hydrogen-bond acceptors (Lipinski definition) is 4. The number of nitrogens with one attached hydrogen (secondary N) is 1. The number of benzene rings is 2. The molecule has 3 aromatic rings. The quantitative estimate of drug-likeness (QED) is 0.726. The van der Waals surface area contributed by atoms with Crippen LogP contribution in [0.5, 0.6) is 0 Å². The van der Waals surface area contributed by atoms with Gasteiger partial charge in [-0.2, -0.15) is 0 Å². The summed E-state index contributed by atoms with van der Waals surface area (Å²) in [5.41, 5.74) is 2.16. The number of nitrogens with zero attached hydrogens (tertiary/aromatic N) is 2. The van der Waals surface area contributed by atoms with Crippen molar-refractivity contribution in [3.63, 3.8) is 0 Å². The second-order valence-electron chi connectivity index (χ2n) is 6.37. The third-order valence-electron chi connectivity index (χ3n) is 4.49. The molecule has 1 N–H and O–H groups in total. The monoisotopic (exact) mass is 359 g/mol. The molecule has 1 aromatic heterocycles. The third kappa shape index (κ3) is 3.42. The van der Waals surface area contributed by atoms with Crippen LogP contribution in [0, 0.1) is 0 Å². The zero-order valence-electron chi connectivity index (χ0n) is 14.5. The maximum absolute atomic E-state index is 12.5. The highest BCUT2D eigenvalue weighted by molar-refractivity contribution is 6.16. The molecule has 134 valence electrons. The van der Waals surface area contributed by atoms with Gasteiger partial charge in [-0.05, 0) is 42.8 Å². The highest BCUT2D eigenvalue weighted by atomic mass is 16.2. The van der Waals surface area contributed by atoms with Gasteiger partial charge in [0.25, 0.3) is 5.91 Å². The van der Waals surface area contributed by atoms with Crippen molar-refractivity contribution < 1.29 is 14.4 Å². The Morgan fingerprint density at radius 3 is 2.33 bits per heavy atom. The lowest BCUT2D eigenvalue weighted by molar-refractivity contribution is -0.129. The topological polar surface area (TPSA) is 79.4 Å². The van der Waals surface area contributed by atoms with E-state index in [0.717, 1.165) is 10.9 Å². The molecule has 0 aliphatic carbocycles. The van der Waals surface area contributed by atoms with Gasteiger partial charge >= 0.3 is 0 Å². The minimum Gasteiger partial charge on any atom is -0.321 e. The maximum atomic E-state index is 12.5. The zero-order chi connectivity index (χ0) is 18.8. The van der Waals surface area contributed by atoms with Crippen molar-refractivity contribution in [1.29, 1.82) is 0 Å². The fourth-order valence-electron chi connectivity index (χ4n) is 3.12. The van der Waals surface area contributed by atoms with E-state index in [9.17, 15) is 14.4 Å². The van der Waals surface area contributed by atoms with Crippen molar-refractivity contribution in [3.05, 3.63) is 66.4 Å². The normalized spacial score (nSPS) is 14.4. The summed E-state index contributed by atoms with van der Waals surface area (Å²) in [6.07, 6.45) is 1.34. The Kier molecular flexibility index (Phi) is 4.38. The Morgan fingerprint density at radius 2 is 1.59 bits per heavy atom. The molecule has 3 amide bonds. The molecule has 2 aromatic carbocycles. The Hall–Kier alpha value is -3.54. The number of aromatic nitrogens is 1. The average molecular weight is 359 g/mol. The molecule has 2 heterocycles. The predicted octanol–water partition coefficient (Wildman–Crippen LogP) is 3.53. The third-order valence-corrected chi connectivity index (χ3v) is 4.49. The molecular weight excluding hydrogens is 342 g/mol. The van der Waals surface area contributed by atoms with Gasteiger partial charge in [-0.25, -0.2) is 4.98 Å². The lowest BCUT2D eigenvalue weighted by Crippen LogP contribution is -2.40. The minimum atomic E-state index is -0.321. The largest absolute Gasteiger partial charge is 0.321 e. The van der Waals surface area contributed by atoms with E-state index >= 15 is 0 Å². The van der Waals surface area contributed by atoms with Crippen LogP contribution in [-0.4, -0.2) is 22.7 Å². The first kappa shape index (κ1) is 16.9. The van der Waals surface area contributed by atoms with Gasteiger partial charge in [-0.1, -0.05) is 24.3 Å². The van der Waals surface area contributed by atoms with Crippen molar-refractivity contribution in [3.8, 4) is 0 Å². The Morgan fingerprint density at radius 1 is 0.889 bits per heavy atom. The molecule has 0 atom stereocenters. The van der Waals surface area contributed by atoms with Gasteiger partial charge in [0, 0.05) is 23.9 Å². The Labute approximate surface area is 155 Å². The summed E-state index contributed by atoms with van der Waals surface area (Å²) in [5.74, 6) is -0.703. The molecule has 0 unspecified atom stereocenters. The van der Waals surface area contributed by atoms with Gasteiger partial charge in [-0.15, -0.1) is 0 Å². The molecule has 1 aliphatic heterocycles. The van der Waals surface area contributed by atoms with E-state index in [2.05, 4.69) is 10.3 Å². The smallest absolute Gasteiger partial charge is 0.274 e. The Bertz CT molecular complexity index is 1030. The van der Waals surface area contributed by atoms with E-state index in [1.54, 1.807) is 30.3 Å². The van der Waals surface area contributed by atoms with Crippen LogP contribution in [0.25, 0.3) is 10.9 Å². The van der Waals surface area contributed by atoms with Crippen molar-refractivity contribution >= 4 is 40.0 Å². The van der Waals surface area contributed by atoms with Crippen molar-refractivity contribution in [2.45, 2.75) is 19.3 Å². The number of imide groups is 1. The highest BCUT2D eigenvalue weighted by Gasteiger charge is 2.27. The van der Waals surface area contributed by atoms with Gasteiger partial charge in [0.05, 0.1) is 11.2 Å². The second kappa shape index (κ2) is 6.99. The number of piperidine rings is 1. The fourth-order valence-corrected chi connectivity index (χ4v) is 3.12. The van der Waals surface area contributed by atoms with E-state index in [0.29, 0.717) is 36.3 Å². The second-order valence-corrected chi connectivity index (χ2v) is 6.37. The number of carbonyl (C=O) groups excluding carboxylic acids is 3. The fraction of sp³-hybridized carbons (Fsp3) is 0.143. The SMILES string of the molecule is O=C(Nc1ccc(N2C(=O)CCCC2=O)cc1)c1ccc2ccccc2n1. The molecule has 0 spiro atoms. The van der Waals surface area contributed by atoms with Crippen LogP contribution in [0.2, 0.25) is 0 Å². The molecule has 6 nitrogen and oxygen atoms in total. The van der Waals surface area contributed by atoms with E-state index in [1.165, 1.54) is 4.90 Å². The van der Waals surface area contributed by atoms with Gasteiger partial charge in [0.1, 0.15) is 5.69 Å². The number of amides is 3. The molecular formula is C21H17N3O3. The number of anilines is 2. The number of rotatable bonds is 3. The maximum Gasteiger partial charge on any atom is 0.274 e. The van der Waals surface area contributed by atoms with Crippen molar-refractivity contribution in [1.82, 2.24) is 4.98 Å². The van der Waals surface area contributed by atoms with Gasteiger partial charge in [0.15, 0.2) is 0 Å². The molecule has 6 heteroatoms. The van der Waals surface area contributed by atoms with Gasteiger partial charge in [-0.3, -0.25) is 19.3 Å². The van der Waals surface area contributed by atoms with Gasteiger partial charge in [0.2, 0.25) is 11.8 Å².